The number of hydrogen-bond donors (Lipinski definition) is 1. The van der Waals surface area contributed by atoms with Crippen molar-refractivity contribution in [3.05, 3.63) is 77.6 Å². The molecule has 1 N–H and O–H groups in total. The minimum Gasteiger partial charge on any atom is -0.342 e. The molecule has 1 amide bonds. The summed E-state index contributed by atoms with van der Waals surface area (Å²) in [6, 6.07) is 19.3. The molecule has 1 aromatic heterocycles. The van der Waals surface area contributed by atoms with Crippen molar-refractivity contribution < 1.29 is 4.79 Å². The van der Waals surface area contributed by atoms with Crippen LogP contribution in [0.2, 0.25) is 0 Å². The van der Waals surface area contributed by atoms with E-state index in [2.05, 4.69) is 86.5 Å². The zero-order chi connectivity index (χ0) is 22.7. The number of aliphatic imine (C=N–C) groups is 1. The fraction of sp³-hybridized carbons (Fsp3) is 0.333. The van der Waals surface area contributed by atoms with Crippen LogP contribution < -0.4 is 5.32 Å². The van der Waals surface area contributed by atoms with Crippen molar-refractivity contribution in [2.45, 2.75) is 37.6 Å². The van der Waals surface area contributed by atoms with Crippen LogP contribution >= 0.6 is 10.0 Å². The second-order valence-corrected chi connectivity index (χ2v) is 11.9. The van der Waals surface area contributed by atoms with Crippen molar-refractivity contribution in [3.8, 4) is 0 Å². The van der Waals surface area contributed by atoms with Crippen molar-refractivity contribution in [1.29, 1.82) is 0 Å². The van der Waals surface area contributed by atoms with Crippen LogP contribution in [0.3, 0.4) is 0 Å². The number of nitrogens with one attached hydrogen (secondary N) is 1. The number of para-hydroxylation sites is 1. The van der Waals surface area contributed by atoms with E-state index in [1.54, 1.807) is 0 Å². The van der Waals surface area contributed by atoms with Crippen molar-refractivity contribution in [2.24, 2.45) is 4.99 Å². The van der Waals surface area contributed by atoms with E-state index in [-0.39, 0.29) is 5.91 Å². The first-order valence-corrected chi connectivity index (χ1v) is 13.8. The molecule has 0 radical (unpaired) electrons. The molecule has 3 aromatic rings. The maximum Gasteiger partial charge on any atom is 0.225 e. The van der Waals surface area contributed by atoms with Gasteiger partial charge >= 0.3 is 0 Å². The molecular weight excluding hydrogens is 428 g/mol. The van der Waals surface area contributed by atoms with E-state index < -0.39 is 10.0 Å². The number of carbonyl (C=O) groups is 1. The molecule has 1 fully saturated rings. The van der Waals surface area contributed by atoms with Crippen LogP contribution in [0.4, 0.5) is 0 Å². The summed E-state index contributed by atoms with van der Waals surface area (Å²) in [7, 11) is -1.46. The molecule has 172 valence electrons. The van der Waals surface area contributed by atoms with Gasteiger partial charge in [-0.15, -0.1) is 0 Å². The van der Waals surface area contributed by atoms with E-state index in [4.69, 9.17) is 4.99 Å². The lowest BCUT2D eigenvalue weighted by Crippen LogP contribution is -2.25. The molecule has 1 atom stereocenters. The highest BCUT2D eigenvalue weighted by Crippen LogP contribution is 2.60. The molecule has 1 saturated heterocycles. The van der Waals surface area contributed by atoms with E-state index in [1.165, 1.54) is 47.3 Å². The average molecular weight is 461 g/mol. The maximum atomic E-state index is 12.1. The molecule has 5 nitrogen and oxygen atoms in total. The van der Waals surface area contributed by atoms with E-state index >= 15 is 0 Å². The molecule has 2 aliphatic rings. The summed E-state index contributed by atoms with van der Waals surface area (Å²) in [5.74, 6) is 1.75. The van der Waals surface area contributed by atoms with Gasteiger partial charge in [-0.05, 0) is 37.6 Å². The van der Waals surface area contributed by atoms with Gasteiger partial charge in [-0.25, -0.2) is 4.99 Å². The normalized spacial score (nSPS) is 22.4. The Morgan fingerprint density at radius 3 is 2.61 bits per heavy atom. The van der Waals surface area contributed by atoms with Crippen molar-refractivity contribution >= 4 is 32.4 Å². The topological polar surface area (TPSA) is 49.6 Å². The molecule has 2 aliphatic heterocycles. The Morgan fingerprint density at radius 2 is 1.82 bits per heavy atom. The van der Waals surface area contributed by atoms with Crippen LogP contribution in [0.25, 0.3) is 10.9 Å². The molecule has 0 bridgehead atoms. The number of likely N-dealkylation sites (tertiary alicyclic amines) is 1. The molecule has 1 unspecified atom stereocenters. The molecule has 0 aliphatic carbocycles. The lowest BCUT2D eigenvalue weighted by atomic mass is 10.2. The predicted molar refractivity (Wildman–Crippen MR) is 139 cm³/mol. The van der Waals surface area contributed by atoms with Crippen LogP contribution in [0.1, 0.15) is 31.7 Å². The highest BCUT2D eigenvalue weighted by Gasteiger charge is 2.32. The number of amides is 1. The number of nitrogens with zero attached hydrogens (tertiary/aromatic N) is 3. The van der Waals surface area contributed by atoms with Crippen molar-refractivity contribution in [3.63, 3.8) is 0 Å². The summed E-state index contributed by atoms with van der Waals surface area (Å²) in [6.07, 6.45) is 5.38. The van der Waals surface area contributed by atoms with Gasteiger partial charge in [0.25, 0.3) is 0 Å². The Hall–Kier alpha value is -2.83. The van der Waals surface area contributed by atoms with Gasteiger partial charge in [0, 0.05) is 52.7 Å². The van der Waals surface area contributed by atoms with Crippen LogP contribution in [0.5, 0.6) is 0 Å². The first-order valence-electron chi connectivity index (χ1n) is 11.9. The number of aromatic nitrogens is 1. The third kappa shape index (κ3) is 4.63. The van der Waals surface area contributed by atoms with Gasteiger partial charge in [-0.2, -0.15) is 10.0 Å². The molecular formula is C27H32N4OS. The van der Waals surface area contributed by atoms with Crippen LogP contribution in [0, 0.1) is 0 Å². The summed E-state index contributed by atoms with van der Waals surface area (Å²) in [5, 5.41) is 6.54. The summed E-state index contributed by atoms with van der Waals surface area (Å²) in [5.41, 5.74) is 4.68. The fourth-order valence-electron chi connectivity index (χ4n) is 4.76. The zero-order valence-corrected chi connectivity index (χ0v) is 20.1. The standard InChI is InChI=1S/C27H32N4OS/c1-2-27(32)29-26-20-33(21-28-26,17-16-30-14-8-9-15-30)25-19-31(18-22-10-4-3-5-11-22)24-13-7-6-12-23(24)25/h3-7,10-13,19-21H,2,8-9,14-18H2,1H3,(H,29,32). The largest absolute Gasteiger partial charge is 0.342 e. The molecule has 0 saturated carbocycles. The quantitative estimate of drug-likeness (QED) is 0.495. The maximum absolute atomic E-state index is 12.1. The monoisotopic (exact) mass is 460 g/mol. The fourth-order valence-corrected chi connectivity index (χ4v) is 7.79. The van der Waals surface area contributed by atoms with Gasteiger partial charge in [0.15, 0.2) is 0 Å². The highest BCUT2D eigenvalue weighted by molar-refractivity contribution is 8.46. The van der Waals surface area contributed by atoms with Gasteiger partial charge in [0.2, 0.25) is 5.91 Å². The highest BCUT2D eigenvalue weighted by atomic mass is 32.3. The Morgan fingerprint density at radius 1 is 1.06 bits per heavy atom. The minimum atomic E-state index is -1.46. The molecule has 0 spiro atoms. The summed E-state index contributed by atoms with van der Waals surface area (Å²) >= 11 is 0. The van der Waals surface area contributed by atoms with E-state index in [0.29, 0.717) is 12.2 Å². The minimum absolute atomic E-state index is 0.0136. The van der Waals surface area contributed by atoms with Gasteiger partial charge in [0.05, 0.1) is 5.55 Å². The first-order chi connectivity index (χ1) is 16.2. The number of hydrogen-bond acceptors (Lipinski definition) is 3. The first kappa shape index (κ1) is 22.0. The molecule has 6 heteroatoms. The Balaban J connectivity index is 1.55. The Labute approximate surface area is 197 Å². The molecule has 2 aromatic carbocycles. The Bertz CT molecular complexity index is 1190. The predicted octanol–water partition coefficient (Wildman–Crippen LogP) is 5.32. The number of fused-ring (bicyclic) bond motifs is 1. The van der Waals surface area contributed by atoms with Gasteiger partial charge in [-0.1, -0.05) is 55.5 Å². The van der Waals surface area contributed by atoms with E-state index in [1.807, 2.05) is 6.92 Å². The molecule has 5 rings (SSSR count). The summed E-state index contributed by atoms with van der Waals surface area (Å²) < 4.78 is 2.37. The summed E-state index contributed by atoms with van der Waals surface area (Å²) in [6.45, 7) is 6.14. The molecule has 33 heavy (non-hydrogen) atoms. The van der Waals surface area contributed by atoms with E-state index in [0.717, 1.165) is 18.8 Å². The zero-order valence-electron chi connectivity index (χ0n) is 19.2. The van der Waals surface area contributed by atoms with Crippen LogP contribution in [-0.4, -0.2) is 46.3 Å². The SMILES string of the molecule is CCC(=O)NC1=CS(CCN2CCCC2)(c2cn(Cc3ccccc3)c3ccccc23)C=N1. The number of carbonyl (C=O) groups excluding carboxylic acids is 1. The van der Waals surface area contributed by atoms with Gasteiger partial charge in [0.1, 0.15) is 5.82 Å². The second kappa shape index (κ2) is 9.57. The molecule has 3 heterocycles. The van der Waals surface area contributed by atoms with Crippen molar-refractivity contribution in [1.82, 2.24) is 14.8 Å². The third-order valence-corrected chi connectivity index (χ3v) is 9.72. The third-order valence-electron chi connectivity index (χ3n) is 6.59. The number of rotatable bonds is 8. The van der Waals surface area contributed by atoms with E-state index in [9.17, 15) is 4.79 Å². The lowest BCUT2D eigenvalue weighted by Gasteiger charge is -2.32. The average Bonchev–Trinajstić information content (AvgIpc) is 3.59. The smallest absolute Gasteiger partial charge is 0.225 e. The second-order valence-electron chi connectivity index (χ2n) is 8.87. The van der Waals surface area contributed by atoms with Gasteiger partial charge in [-0.3, -0.25) is 4.79 Å². The van der Waals surface area contributed by atoms with Crippen LogP contribution in [-0.2, 0) is 11.3 Å². The summed E-state index contributed by atoms with van der Waals surface area (Å²) in [4.78, 5) is 20.7. The number of benzene rings is 2. The van der Waals surface area contributed by atoms with Crippen molar-refractivity contribution in [2.75, 3.05) is 25.4 Å². The van der Waals surface area contributed by atoms with Gasteiger partial charge < -0.3 is 14.8 Å². The van der Waals surface area contributed by atoms with Crippen LogP contribution in [0.15, 0.2) is 81.9 Å². The Kier molecular flexibility index (Phi) is 6.38. The lowest BCUT2D eigenvalue weighted by molar-refractivity contribution is -0.120.